The van der Waals surface area contributed by atoms with Gasteiger partial charge >= 0.3 is 0 Å². The fraction of sp³-hybridized carbons (Fsp3) is 0.455. The van der Waals surface area contributed by atoms with Crippen molar-refractivity contribution in [2.75, 3.05) is 25.7 Å². The lowest BCUT2D eigenvalue weighted by Crippen LogP contribution is -2.00. The monoisotopic (exact) mass is 258 g/mol. The molecule has 78 valence electrons. The first-order valence-corrected chi connectivity index (χ1v) is 5.75. The predicted molar refractivity (Wildman–Crippen MR) is 61.3 cm³/mol. The summed E-state index contributed by atoms with van der Waals surface area (Å²) in [6, 6.07) is 8.08. The van der Waals surface area contributed by atoms with Crippen LogP contribution in [0.4, 0.5) is 0 Å². The molecule has 0 unspecified atom stereocenters. The van der Waals surface area contributed by atoms with E-state index in [2.05, 4.69) is 28.1 Å². The number of ether oxygens (including phenoxy) is 2. The summed E-state index contributed by atoms with van der Waals surface area (Å²) >= 11 is 3.31. The second-order valence-electron chi connectivity index (χ2n) is 2.90. The van der Waals surface area contributed by atoms with Gasteiger partial charge in [0.05, 0.1) is 20.3 Å². The Balaban J connectivity index is 2.29. The van der Waals surface area contributed by atoms with Crippen LogP contribution >= 0.6 is 15.9 Å². The lowest BCUT2D eigenvalue weighted by molar-refractivity contribution is 0.154. The Morgan fingerprint density at radius 1 is 1.14 bits per heavy atom. The van der Waals surface area contributed by atoms with E-state index in [1.165, 1.54) is 5.56 Å². The lowest BCUT2D eigenvalue weighted by atomic mass is 10.1. The minimum atomic E-state index is 0.774. The van der Waals surface area contributed by atoms with Gasteiger partial charge in [0.15, 0.2) is 0 Å². The van der Waals surface area contributed by atoms with Crippen molar-refractivity contribution in [1.29, 1.82) is 0 Å². The molecule has 0 aliphatic carbocycles. The van der Waals surface area contributed by atoms with Gasteiger partial charge in [-0.2, -0.15) is 0 Å². The van der Waals surface area contributed by atoms with Crippen LogP contribution in [0.15, 0.2) is 24.3 Å². The van der Waals surface area contributed by atoms with Gasteiger partial charge in [-0.15, -0.1) is 0 Å². The first kappa shape index (κ1) is 11.5. The van der Waals surface area contributed by atoms with Crippen molar-refractivity contribution in [3.05, 3.63) is 29.8 Å². The van der Waals surface area contributed by atoms with Gasteiger partial charge in [-0.3, -0.25) is 0 Å². The summed E-state index contributed by atoms with van der Waals surface area (Å²) in [6.07, 6.45) is 0.955. The molecule has 2 nitrogen and oxygen atoms in total. The quantitative estimate of drug-likeness (QED) is 0.577. The average Bonchev–Trinajstić information content (AvgIpc) is 2.25. The zero-order valence-electron chi connectivity index (χ0n) is 8.33. The number of methoxy groups -OCH3 is 1. The minimum Gasteiger partial charge on any atom is -0.497 e. The molecule has 0 amide bonds. The number of alkyl halides is 1. The number of rotatable bonds is 6. The molecule has 0 saturated heterocycles. The molecular formula is C11H15BrO2. The van der Waals surface area contributed by atoms with Crippen molar-refractivity contribution >= 4 is 15.9 Å². The second kappa shape index (κ2) is 6.85. The van der Waals surface area contributed by atoms with Crippen molar-refractivity contribution in [2.24, 2.45) is 0 Å². The highest BCUT2D eigenvalue weighted by molar-refractivity contribution is 9.09. The Morgan fingerprint density at radius 3 is 2.43 bits per heavy atom. The second-order valence-corrected chi connectivity index (χ2v) is 3.69. The van der Waals surface area contributed by atoms with Crippen molar-refractivity contribution in [2.45, 2.75) is 6.42 Å². The van der Waals surface area contributed by atoms with Crippen molar-refractivity contribution in [3.63, 3.8) is 0 Å². The molecule has 3 heteroatoms. The number of halogens is 1. The highest BCUT2D eigenvalue weighted by atomic mass is 79.9. The van der Waals surface area contributed by atoms with Crippen molar-refractivity contribution < 1.29 is 9.47 Å². The van der Waals surface area contributed by atoms with E-state index < -0.39 is 0 Å². The molecule has 14 heavy (non-hydrogen) atoms. The molecule has 0 spiro atoms. The first-order valence-electron chi connectivity index (χ1n) is 4.63. The third kappa shape index (κ3) is 4.11. The largest absolute Gasteiger partial charge is 0.497 e. The molecule has 0 atom stereocenters. The first-order chi connectivity index (χ1) is 6.86. The standard InChI is InChI=1S/C11H15BrO2/c1-13-11-4-2-10(3-5-11)6-8-14-9-7-12/h2-5H,6-9H2,1H3. The van der Waals surface area contributed by atoms with E-state index in [1.54, 1.807) is 7.11 Å². The summed E-state index contributed by atoms with van der Waals surface area (Å²) in [6.45, 7) is 1.55. The van der Waals surface area contributed by atoms with E-state index in [1.807, 2.05) is 12.1 Å². The molecule has 0 heterocycles. The van der Waals surface area contributed by atoms with Crippen LogP contribution in [0, 0.1) is 0 Å². The smallest absolute Gasteiger partial charge is 0.118 e. The van der Waals surface area contributed by atoms with Gasteiger partial charge in [0, 0.05) is 5.33 Å². The van der Waals surface area contributed by atoms with Crippen LogP contribution in [0.25, 0.3) is 0 Å². The van der Waals surface area contributed by atoms with Crippen LogP contribution in [-0.2, 0) is 11.2 Å². The zero-order valence-corrected chi connectivity index (χ0v) is 9.92. The van der Waals surface area contributed by atoms with Gasteiger partial charge in [-0.1, -0.05) is 28.1 Å². The van der Waals surface area contributed by atoms with Gasteiger partial charge in [0.1, 0.15) is 5.75 Å². The number of hydrogen-bond acceptors (Lipinski definition) is 2. The Labute approximate surface area is 93.4 Å². The van der Waals surface area contributed by atoms with E-state index in [0.29, 0.717) is 0 Å². The number of benzene rings is 1. The van der Waals surface area contributed by atoms with Crippen LogP contribution in [-0.4, -0.2) is 25.7 Å². The van der Waals surface area contributed by atoms with Gasteiger partial charge in [-0.05, 0) is 24.1 Å². The summed E-state index contributed by atoms with van der Waals surface area (Å²) in [5, 5.41) is 0.898. The minimum absolute atomic E-state index is 0.774. The number of hydrogen-bond donors (Lipinski definition) is 0. The normalized spacial score (nSPS) is 10.1. The van der Waals surface area contributed by atoms with Gasteiger partial charge in [0.2, 0.25) is 0 Å². The Bertz CT molecular complexity index is 246. The topological polar surface area (TPSA) is 18.5 Å². The summed E-state index contributed by atoms with van der Waals surface area (Å²) in [5.74, 6) is 0.898. The molecular weight excluding hydrogens is 244 g/mol. The third-order valence-electron chi connectivity index (χ3n) is 1.92. The molecule has 1 aromatic carbocycles. The highest BCUT2D eigenvalue weighted by Gasteiger charge is 1.94. The van der Waals surface area contributed by atoms with Crippen LogP contribution in [0.5, 0.6) is 5.75 Å². The van der Waals surface area contributed by atoms with Crippen LogP contribution in [0.1, 0.15) is 5.56 Å². The van der Waals surface area contributed by atoms with Gasteiger partial charge < -0.3 is 9.47 Å². The molecule has 0 aliphatic rings. The van der Waals surface area contributed by atoms with Crippen molar-refractivity contribution in [1.82, 2.24) is 0 Å². The lowest BCUT2D eigenvalue weighted by Gasteiger charge is -2.03. The summed E-state index contributed by atoms with van der Waals surface area (Å²) in [7, 11) is 1.67. The third-order valence-corrected chi connectivity index (χ3v) is 2.24. The molecule has 0 fully saturated rings. The molecule has 0 aromatic heterocycles. The van der Waals surface area contributed by atoms with E-state index in [0.717, 1.165) is 30.7 Å². The molecule has 0 saturated carbocycles. The van der Waals surface area contributed by atoms with E-state index in [9.17, 15) is 0 Å². The molecule has 0 bridgehead atoms. The molecule has 1 rings (SSSR count). The molecule has 0 N–H and O–H groups in total. The van der Waals surface area contributed by atoms with Gasteiger partial charge in [-0.25, -0.2) is 0 Å². The summed E-state index contributed by atoms with van der Waals surface area (Å²) in [5.41, 5.74) is 1.28. The van der Waals surface area contributed by atoms with Crippen LogP contribution in [0.3, 0.4) is 0 Å². The zero-order chi connectivity index (χ0) is 10.2. The van der Waals surface area contributed by atoms with E-state index in [-0.39, 0.29) is 0 Å². The predicted octanol–water partition coefficient (Wildman–Crippen LogP) is 2.65. The van der Waals surface area contributed by atoms with E-state index >= 15 is 0 Å². The molecule has 1 aromatic rings. The van der Waals surface area contributed by atoms with E-state index in [4.69, 9.17) is 9.47 Å². The highest BCUT2D eigenvalue weighted by Crippen LogP contribution is 2.11. The fourth-order valence-electron chi connectivity index (χ4n) is 1.14. The fourth-order valence-corrected chi connectivity index (χ4v) is 1.37. The maximum Gasteiger partial charge on any atom is 0.118 e. The maximum absolute atomic E-state index is 5.37. The van der Waals surface area contributed by atoms with Gasteiger partial charge in [0.25, 0.3) is 0 Å². The molecule has 0 aliphatic heterocycles. The molecule has 0 radical (unpaired) electrons. The van der Waals surface area contributed by atoms with Crippen LogP contribution < -0.4 is 4.74 Å². The Hall–Kier alpha value is -0.540. The average molecular weight is 259 g/mol. The van der Waals surface area contributed by atoms with Crippen LogP contribution in [0.2, 0.25) is 0 Å². The van der Waals surface area contributed by atoms with Crippen molar-refractivity contribution in [3.8, 4) is 5.75 Å². The Kier molecular flexibility index (Phi) is 5.64. The summed E-state index contributed by atoms with van der Waals surface area (Å²) in [4.78, 5) is 0. The SMILES string of the molecule is COc1ccc(CCOCCBr)cc1. The maximum atomic E-state index is 5.37. The summed E-state index contributed by atoms with van der Waals surface area (Å²) < 4.78 is 10.4. The Morgan fingerprint density at radius 2 is 1.86 bits per heavy atom.